The normalized spacial score (nSPS) is 13.1. The van der Waals surface area contributed by atoms with Gasteiger partial charge in [-0.15, -0.1) is 10.1 Å². The fourth-order valence-corrected chi connectivity index (χ4v) is 6.69. The number of anilines is 2. The average molecular weight is 851 g/mol. The lowest BCUT2D eigenvalue weighted by Crippen LogP contribution is -2.43. The second kappa shape index (κ2) is 23.3. The van der Waals surface area contributed by atoms with Gasteiger partial charge in [0.05, 0.1) is 48.9 Å². The van der Waals surface area contributed by atoms with Crippen LogP contribution in [0.5, 0.6) is 11.5 Å². The van der Waals surface area contributed by atoms with E-state index in [1.165, 1.54) is 0 Å². The summed E-state index contributed by atoms with van der Waals surface area (Å²) in [7, 11) is 0. The van der Waals surface area contributed by atoms with E-state index in [9.17, 15) is 28.8 Å². The minimum absolute atomic E-state index is 0.00472. The number of nitrogens with zero attached hydrogens (tertiary/aromatic N) is 2. The number of esters is 2. The molecular weight excluding hydrogens is 801 g/mol. The van der Waals surface area contributed by atoms with Crippen molar-refractivity contribution < 1.29 is 57.4 Å². The molecule has 0 radical (unpaired) electrons. The highest BCUT2D eigenvalue weighted by atomic mass is 16.8. The fraction of sp³-hybridized carbons (Fsp3) is 0.348. The summed E-state index contributed by atoms with van der Waals surface area (Å²) in [5.74, 6) is -3.77. The van der Waals surface area contributed by atoms with Gasteiger partial charge in [0.1, 0.15) is 11.5 Å². The Morgan fingerprint density at radius 2 is 0.855 bits per heavy atom. The molecule has 2 heterocycles. The molecule has 2 amide bonds. The van der Waals surface area contributed by atoms with E-state index >= 15 is 0 Å². The number of hydroxylamine groups is 2. The molecule has 2 N–H and O–H groups in total. The minimum atomic E-state index is -1.49. The Bertz CT molecular complexity index is 2010. The molecule has 4 aromatic rings. The molecular formula is C46H50N4O12. The van der Waals surface area contributed by atoms with E-state index in [1.807, 2.05) is 12.1 Å². The molecule has 0 aromatic heterocycles. The van der Waals surface area contributed by atoms with Crippen molar-refractivity contribution in [3.8, 4) is 11.5 Å². The highest BCUT2D eigenvalue weighted by Gasteiger charge is 2.36. The molecule has 0 spiro atoms. The van der Waals surface area contributed by atoms with Crippen LogP contribution in [0.25, 0.3) is 0 Å². The van der Waals surface area contributed by atoms with Gasteiger partial charge in [0.15, 0.2) is 0 Å². The molecule has 0 saturated heterocycles. The lowest BCUT2D eigenvalue weighted by atomic mass is 10.0. The van der Waals surface area contributed by atoms with Crippen LogP contribution in [0.15, 0.2) is 97.1 Å². The van der Waals surface area contributed by atoms with Crippen molar-refractivity contribution in [2.75, 3.05) is 62.7 Å². The van der Waals surface area contributed by atoms with Gasteiger partial charge in [-0.1, -0.05) is 48.5 Å². The molecule has 4 aromatic carbocycles. The van der Waals surface area contributed by atoms with E-state index in [2.05, 4.69) is 10.6 Å². The first-order chi connectivity index (χ1) is 30.3. The van der Waals surface area contributed by atoms with Crippen molar-refractivity contribution in [1.29, 1.82) is 0 Å². The second-order valence-corrected chi connectivity index (χ2v) is 14.3. The molecule has 16 nitrogen and oxygen atoms in total. The van der Waals surface area contributed by atoms with Crippen LogP contribution in [0.1, 0.15) is 70.4 Å². The van der Waals surface area contributed by atoms with Gasteiger partial charge in [-0.3, -0.25) is 9.59 Å². The smallest absolute Gasteiger partial charge is 0.444 e. The first-order valence-corrected chi connectivity index (χ1v) is 20.8. The summed E-state index contributed by atoms with van der Waals surface area (Å²) in [5, 5.41) is 8.10. The van der Waals surface area contributed by atoms with Crippen LogP contribution >= 0.6 is 0 Å². The average Bonchev–Trinajstić information content (AvgIpc) is 3.30. The molecule has 0 atom stereocenters. The Kier molecular flexibility index (Phi) is 16.8. The molecule has 2 aliphatic rings. The van der Waals surface area contributed by atoms with E-state index < -0.39 is 23.8 Å². The summed E-state index contributed by atoms with van der Waals surface area (Å²) in [6.07, 6.45) is 3.29. The van der Waals surface area contributed by atoms with Crippen molar-refractivity contribution >= 4 is 47.1 Å². The first-order valence-electron chi connectivity index (χ1n) is 20.8. The third-order valence-corrected chi connectivity index (χ3v) is 9.79. The zero-order chi connectivity index (χ0) is 43.5. The summed E-state index contributed by atoms with van der Waals surface area (Å²) in [4.78, 5) is 86.7. The molecule has 0 unspecified atom stereocenters. The number of hydrogen-bond donors (Lipinski definition) is 2. The first kappa shape index (κ1) is 44.8. The van der Waals surface area contributed by atoms with Gasteiger partial charge in [0.2, 0.25) is 0 Å². The molecule has 0 aliphatic carbocycles. The number of ether oxygens (including phenoxy) is 4. The van der Waals surface area contributed by atoms with Crippen molar-refractivity contribution in [2.45, 2.75) is 51.4 Å². The Balaban J connectivity index is 0.913. The van der Waals surface area contributed by atoms with Gasteiger partial charge in [-0.25, -0.2) is 19.2 Å². The number of benzene rings is 4. The lowest BCUT2D eigenvalue weighted by molar-refractivity contribution is -0.172. The van der Waals surface area contributed by atoms with Crippen LogP contribution < -0.4 is 30.2 Å². The van der Waals surface area contributed by atoms with Crippen molar-refractivity contribution in [1.82, 2.24) is 10.6 Å². The van der Waals surface area contributed by atoms with E-state index in [1.54, 1.807) is 84.9 Å². The Morgan fingerprint density at radius 3 is 1.26 bits per heavy atom. The molecule has 0 fully saturated rings. The highest BCUT2D eigenvalue weighted by molar-refractivity contribution is 6.31. The highest BCUT2D eigenvalue weighted by Crippen LogP contribution is 2.37. The molecule has 2 aliphatic heterocycles. The monoisotopic (exact) mass is 850 g/mol. The maximum Gasteiger partial charge on any atom is 0.444 e. The number of rotatable bonds is 22. The molecule has 0 bridgehead atoms. The van der Waals surface area contributed by atoms with Crippen LogP contribution in [0.2, 0.25) is 0 Å². The maximum absolute atomic E-state index is 13.1. The number of nitrogens with one attached hydrogen (secondary N) is 2. The van der Waals surface area contributed by atoms with Gasteiger partial charge in [-0.2, -0.15) is 0 Å². The summed E-state index contributed by atoms with van der Waals surface area (Å²) in [5.41, 5.74) is 2.80. The predicted octanol–water partition coefficient (Wildman–Crippen LogP) is 5.07. The van der Waals surface area contributed by atoms with Gasteiger partial charge in [0, 0.05) is 24.0 Å². The number of carbonyl (C=O) groups is 6. The number of hydrogen-bond acceptors (Lipinski definition) is 14. The summed E-state index contributed by atoms with van der Waals surface area (Å²) in [6.45, 7) is 3.93. The Hall–Kier alpha value is -6.78. The maximum atomic E-state index is 13.1. The minimum Gasteiger partial charge on any atom is -0.493 e. The summed E-state index contributed by atoms with van der Waals surface area (Å²) < 4.78 is 22.6. The lowest BCUT2D eigenvalue weighted by Gasteiger charge is -2.30. The summed E-state index contributed by atoms with van der Waals surface area (Å²) >= 11 is 0. The largest absolute Gasteiger partial charge is 0.493 e. The number of carbonyl (C=O) groups excluding carboxylic acids is 6. The molecule has 16 heteroatoms. The van der Waals surface area contributed by atoms with E-state index in [0.717, 1.165) is 10.1 Å². The predicted molar refractivity (Wildman–Crippen MR) is 225 cm³/mol. The zero-order valence-corrected chi connectivity index (χ0v) is 34.3. The van der Waals surface area contributed by atoms with E-state index in [0.29, 0.717) is 125 Å². The zero-order valence-electron chi connectivity index (χ0n) is 34.3. The Labute approximate surface area is 359 Å². The van der Waals surface area contributed by atoms with Crippen LogP contribution in [-0.2, 0) is 51.2 Å². The standard InChI is InChI=1S/C46H50N4O12/c51-41-23-21-35-37(17-7-19-39(35)57-29-9-25-47-27-11-31-59-43(53)33-13-3-1-4-14-33)49(41)61-45(55)46(56)62-50-38-18-8-20-40(36(38)22-24-42(50)52)58-30-10-26-48-28-12-32-60-44(54)34-15-5-2-6-16-34/h1-8,13-20,47-48H,9-12,21-32H2. The number of fused-ring (bicyclic) bond motifs is 2. The van der Waals surface area contributed by atoms with Gasteiger partial charge in [-0.05, 0) is 113 Å². The van der Waals surface area contributed by atoms with Crippen molar-refractivity contribution in [2.24, 2.45) is 0 Å². The molecule has 0 saturated carbocycles. The quantitative estimate of drug-likeness (QED) is 0.0606. The van der Waals surface area contributed by atoms with Crippen LogP contribution in [0.4, 0.5) is 11.4 Å². The van der Waals surface area contributed by atoms with E-state index in [-0.39, 0.29) is 36.2 Å². The summed E-state index contributed by atoms with van der Waals surface area (Å²) in [6, 6.07) is 27.6. The van der Waals surface area contributed by atoms with Gasteiger partial charge >= 0.3 is 23.9 Å². The van der Waals surface area contributed by atoms with Gasteiger partial charge < -0.3 is 39.3 Å². The Morgan fingerprint density at radius 1 is 0.468 bits per heavy atom. The van der Waals surface area contributed by atoms with Crippen LogP contribution in [0, 0.1) is 0 Å². The SMILES string of the molecule is O=C(ON1C(=O)CCc2c(OCCCNCCCOC(=O)c3ccccc3)cccc21)C(=O)ON1C(=O)CCc2c(OCCCNCCCOC(=O)c3ccccc3)cccc21. The second-order valence-electron chi connectivity index (χ2n) is 14.3. The van der Waals surface area contributed by atoms with Crippen LogP contribution in [-0.4, -0.2) is 88.3 Å². The number of amides is 2. The molecule has 62 heavy (non-hydrogen) atoms. The molecule has 326 valence electrons. The van der Waals surface area contributed by atoms with E-state index in [4.69, 9.17) is 28.6 Å². The topological polar surface area (TPSA) is 188 Å². The van der Waals surface area contributed by atoms with Crippen molar-refractivity contribution in [3.05, 3.63) is 119 Å². The third kappa shape index (κ3) is 12.6. The third-order valence-electron chi connectivity index (χ3n) is 9.79. The van der Waals surface area contributed by atoms with Crippen molar-refractivity contribution in [3.63, 3.8) is 0 Å². The fourth-order valence-electron chi connectivity index (χ4n) is 6.69. The van der Waals surface area contributed by atoms with Gasteiger partial charge in [0.25, 0.3) is 11.8 Å². The van der Waals surface area contributed by atoms with Crippen LogP contribution in [0.3, 0.4) is 0 Å². The molecule has 6 rings (SSSR count).